The van der Waals surface area contributed by atoms with Crippen LogP contribution < -0.4 is 5.73 Å². The van der Waals surface area contributed by atoms with Crippen molar-refractivity contribution >= 4 is 11.8 Å². The second-order valence-electron chi connectivity index (χ2n) is 4.48. The van der Waals surface area contributed by atoms with E-state index >= 15 is 0 Å². The van der Waals surface area contributed by atoms with E-state index in [9.17, 15) is 0 Å². The molecule has 1 nitrogen and oxygen atoms in total. The number of aryl methyl sites for hydroxylation is 1. The Morgan fingerprint density at radius 1 is 1.19 bits per heavy atom. The Balaban J connectivity index is 2.52. The highest BCUT2D eigenvalue weighted by Crippen LogP contribution is 2.19. The number of hydrogen-bond donors (Lipinski definition) is 1. The summed E-state index contributed by atoms with van der Waals surface area (Å²) in [6.07, 6.45) is 2.37. The zero-order chi connectivity index (χ0) is 12.0. The minimum absolute atomic E-state index is 0.170. The maximum atomic E-state index is 6.15. The first-order valence-electron chi connectivity index (χ1n) is 6.09. The second-order valence-corrected chi connectivity index (χ2v) is 6.09. The highest BCUT2D eigenvalue weighted by molar-refractivity contribution is 7.99. The number of thioether (sulfide) groups is 1. The lowest BCUT2D eigenvalue weighted by molar-refractivity contribution is 0.825. The topological polar surface area (TPSA) is 26.0 Å². The van der Waals surface area contributed by atoms with Gasteiger partial charge < -0.3 is 5.73 Å². The molecule has 0 heterocycles. The number of nitrogens with two attached hydrogens (primary N) is 1. The van der Waals surface area contributed by atoms with Crippen molar-refractivity contribution < 1.29 is 0 Å². The highest BCUT2D eigenvalue weighted by Gasteiger charge is 2.06. The molecule has 0 amide bonds. The number of benzene rings is 1. The standard InChI is InChI=1S/C14H23NS/c1-4-5-12-6-8-13(9-7-12)14(15)10-16-11(2)3/h6-9,11,14H,4-5,10,15H2,1-3H3. The van der Waals surface area contributed by atoms with E-state index in [1.807, 2.05) is 11.8 Å². The fourth-order valence-electron chi connectivity index (χ4n) is 1.61. The van der Waals surface area contributed by atoms with E-state index in [4.69, 9.17) is 5.73 Å². The molecule has 2 N–H and O–H groups in total. The Morgan fingerprint density at radius 3 is 2.31 bits per heavy atom. The lowest BCUT2D eigenvalue weighted by Gasteiger charge is -2.13. The normalized spacial score (nSPS) is 13.1. The van der Waals surface area contributed by atoms with Crippen molar-refractivity contribution in [2.75, 3.05) is 5.75 Å². The minimum atomic E-state index is 0.170. The molecule has 2 heteroatoms. The fourth-order valence-corrected chi connectivity index (χ4v) is 2.40. The van der Waals surface area contributed by atoms with Crippen LogP contribution in [0.5, 0.6) is 0 Å². The first kappa shape index (κ1) is 13.6. The van der Waals surface area contributed by atoms with Gasteiger partial charge in [-0.15, -0.1) is 0 Å². The van der Waals surface area contributed by atoms with Crippen LogP contribution >= 0.6 is 11.8 Å². The van der Waals surface area contributed by atoms with Crippen LogP contribution in [0, 0.1) is 0 Å². The fraction of sp³-hybridized carbons (Fsp3) is 0.571. The zero-order valence-corrected chi connectivity index (χ0v) is 11.4. The van der Waals surface area contributed by atoms with Crippen LogP contribution in [0.25, 0.3) is 0 Å². The first-order chi connectivity index (χ1) is 7.63. The highest BCUT2D eigenvalue weighted by atomic mass is 32.2. The van der Waals surface area contributed by atoms with E-state index in [-0.39, 0.29) is 6.04 Å². The van der Waals surface area contributed by atoms with Crippen molar-refractivity contribution in [2.45, 2.75) is 44.9 Å². The van der Waals surface area contributed by atoms with Crippen molar-refractivity contribution in [3.05, 3.63) is 35.4 Å². The molecule has 1 atom stereocenters. The molecule has 0 bridgehead atoms. The summed E-state index contributed by atoms with van der Waals surface area (Å²) in [4.78, 5) is 0. The van der Waals surface area contributed by atoms with Crippen LogP contribution in [0.4, 0.5) is 0 Å². The van der Waals surface area contributed by atoms with Gasteiger partial charge in [0.1, 0.15) is 0 Å². The molecule has 16 heavy (non-hydrogen) atoms. The minimum Gasteiger partial charge on any atom is -0.323 e. The lowest BCUT2D eigenvalue weighted by atomic mass is 10.0. The maximum Gasteiger partial charge on any atom is 0.0386 e. The molecule has 0 aliphatic rings. The monoisotopic (exact) mass is 237 g/mol. The number of rotatable bonds is 6. The summed E-state index contributed by atoms with van der Waals surface area (Å²) in [5.74, 6) is 1.00. The van der Waals surface area contributed by atoms with Gasteiger partial charge in [0.15, 0.2) is 0 Å². The molecule has 0 saturated carbocycles. The van der Waals surface area contributed by atoms with Crippen molar-refractivity contribution in [1.82, 2.24) is 0 Å². The molecule has 0 spiro atoms. The summed E-state index contributed by atoms with van der Waals surface area (Å²) in [7, 11) is 0. The Hall–Kier alpha value is -0.470. The Labute approximate surface area is 104 Å². The average Bonchev–Trinajstić information content (AvgIpc) is 2.27. The van der Waals surface area contributed by atoms with Gasteiger partial charge in [-0.25, -0.2) is 0 Å². The number of hydrogen-bond acceptors (Lipinski definition) is 2. The van der Waals surface area contributed by atoms with Gasteiger partial charge in [-0.3, -0.25) is 0 Å². The molecule has 1 unspecified atom stereocenters. The van der Waals surface area contributed by atoms with Gasteiger partial charge in [0.25, 0.3) is 0 Å². The van der Waals surface area contributed by atoms with E-state index in [0.29, 0.717) is 5.25 Å². The summed E-state index contributed by atoms with van der Waals surface area (Å²) in [5, 5.41) is 0.658. The van der Waals surface area contributed by atoms with Crippen molar-refractivity contribution in [2.24, 2.45) is 5.73 Å². The van der Waals surface area contributed by atoms with Gasteiger partial charge in [-0.2, -0.15) is 11.8 Å². The van der Waals surface area contributed by atoms with E-state index in [1.54, 1.807) is 0 Å². The Morgan fingerprint density at radius 2 is 1.81 bits per heavy atom. The van der Waals surface area contributed by atoms with Gasteiger partial charge in [-0.1, -0.05) is 51.5 Å². The molecule has 1 aromatic carbocycles. The Kier molecular flexibility index (Phi) is 5.93. The SMILES string of the molecule is CCCc1ccc(C(N)CSC(C)C)cc1. The first-order valence-corrected chi connectivity index (χ1v) is 7.14. The molecule has 0 saturated heterocycles. The molecule has 0 aliphatic carbocycles. The summed E-state index contributed by atoms with van der Waals surface area (Å²) < 4.78 is 0. The van der Waals surface area contributed by atoms with Crippen LogP contribution in [-0.2, 0) is 6.42 Å². The van der Waals surface area contributed by atoms with Crippen LogP contribution in [-0.4, -0.2) is 11.0 Å². The van der Waals surface area contributed by atoms with Crippen molar-refractivity contribution in [3.8, 4) is 0 Å². The third-order valence-corrected chi connectivity index (χ3v) is 3.77. The molecule has 1 rings (SSSR count). The second kappa shape index (κ2) is 6.97. The van der Waals surface area contributed by atoms with Crippen LogP contribution in [0.1, 0.15) is 44.4 Å². The van der Waals surface area contributed by atoms with Crippen LogP contribution in [0.2, 0.25) is 0 Å². The van der Waals surface area contributed by atoms with E-state index in [1.165, 1.54) is 17.5 Å². The predicted octanol–water partition coefficient (Wildman–Crippen LogP) is 3.78. The quantitative estimate of drug-likeness (QED) is 0.815. The van der Waals surface area contributed by atoms with Crippen molar-refractivity contribution in [1.29, 1.82) is 0 Å². The Bertz CT molecular complexity index is 292. The maximum absolute atomic E-state index is 6.15. The molecular weight excluding hydrogens is 214 g/mol. The summed E-state index contributed by atoms with van der Waals surface area (Å²) in [5.41, 5.74) is 8.82. The van der Waals surface area contributed by atoms with Crippen molar-refractivity contribution in [3.63, 3.8) is 0 Å². The van der Waals surface area contributed by atoms with Gasteiger partial charge in [-0.05, 0) is 22.8 Å². The van der Waals surface area contributed by atoms with Gasteiger partial charge in [0.05, 0.1) is 0 Å². The molecule has 1 aromatic rings. The van der Waals surface area contributed by atoms with E-state index in [0.717, 1.165) is 12.2 Å². The van der Waals surface area contributed by atoms with E-state index < -0.39 is 0 Å². The van der Waals surface area contributed by atoms with Crippen LogP contribution in [0.15, 0.2) is 24.3 Å². The summed E-state index contributed by atoms with van der Waals surface area (Å²) >= 11 is 1.92. The van der Waals surface area contributed by atoms with Gasteiger partial charge in [0.2, 0.25) is 0 Å². The van der Waals surface area contributed by atoms with Gasteiger partial charge in [0, 0.05) is 11.8 Å². The molecule has 0 radical (unpaired) electrons. The molecule has 0 aromatic heterocycles. The zero-order valence-electron chi connectivity index (χ0n) is 10.6. The predicted molar refractivity (Wildman–Crippen MR) is 75.0 cm³/mol. The summed E-state index contributed by atoms with van der Waals surface area (Å²) in [6.45, 7) is 6.63. The largest absolute Gasteiger partial charge is 0.323 e. The molecule has 0 aliphatic heterocycles. The van der Waals surface area contributed by atoms with Gasteiger partial charge >= 0.3 is 0 Å². The molecular formula is C14H23NS. The van der Waals surface area contributed by atoms with E-state index in [2.05, 4.69) is 45.0 Å². The third-order valence-electron chi connectivity index (χ3n) is 2.56. The van der Waals surface area contributed by atoms with Crippen LogP contribution in [0.3, 0.4) is 0 Å². The summed E-state index contributed by atoms with van der Waals surface area (Å²) in [6, 6.07) is 8.94. The third kappa shape index (κ3) is 4.58. The smallest absolute Gasteiger partial charge is 0.0386 e. The molecule has 0 fully saturated rings. The average molecular weight is 237 g/mol. The molecule has 90 valence electrons. The lowest BCUT2D eigenvalue weighted by Crippen LogP contribution is -2.14.